The lowest BCUT2D eigenvalue weighted by Crippen LogP contribution is -2.24. The van der Waals surface area contributed by atoms with Gasteiger partial charge in [0.1, 0.15) is 18.9 Å². The summed E-state index contributed by atoms with van der Waals surface area (Å²) in [6.07, 6.45) is 6.05. The van der Waals surface area contributed by atoms with Crippen LogP contribution in [-0.2, 0) is 46.8 Å². The van der Waals surface area contributed by atoms with Gasteiger partial charge in [0, 0.05) is 7.11 Å². The van der Waals surface area contributed by atoms with Crippen molar-refractivity contribution < 1.29 is 37.7 Å². The van der Waals surface area contributed by atoms with Crippen molar-refractivity contribution >= 4 is 0 Å². The number of imidazole rings is 1. The maximum absolute atomic E-state index is 5.53. The Morgan fingerprint density at radius 3 is 1.36 bits per heavy atom. The molecule has 0 fully saturated rings. The lowest BCUT2D eigenvalue weighted by molar-refractivity contribution is -0.671. The van der Waals surface area contributed by atoms with E-state index in [-0.39, 0.29) is 0 Å². The highest BCUT2D eigenvalue weighted by Crippen LogP contribution is 1.87. The number of hydrogen-bond acceptors (Lipinski definition) is 7. The van der Waals surface area contributed by atoms with Gasteiger partial charge in [0.15, 0.2) is 0 Å². The molecule has 0 unspecified atom stereocenters. The first kappa shape index (κ1) is 25.0. The third kappa shape index (κ3) is 15.9. The van der Waals surface area contributed by atoms with Crippen LogP contribution in [0.2, 0.25) is 0 Å². The maximum Gasteiger partial charge on any atom is 0.243 e. The Bertz CT molecular complexity index is 446. The molecule has 0 aliphatic carbocycles. The van der Waals surface area contributed by atoms with Crippen molar-refractivity contribution in [1.29, 1.82) is 0 Å². The normalized spacial score (nSPS) is 11.4. The van der Waals surface area contributed by atoms with Gasteiger partial charge in [0.05, 0.1) is 92.9 Å². The topological polar surface area (TPSA) is 73.4 Å². The molecule has 0 amide bonds. The molecule has 9 nitrogen and oxygen atoms in total. The van der Waals surface area contributed by atoms with Gasteiger partial charge in [-0.3, -0.25) is 0 Å². The summed E-state index contributed by atoms with van der Waals surface area (Å²) >= 11 is 0. The number of ether oxygens (including phenoxy) is 7. The molecule has 0 N–H and O–H groups in total. The van der Waals surface area contributed by atoms with E-state index < -0.39 is 0 Å². The first-order valence-corrected chi connectivity index (χ1v) is 9.79. The minimum absolute atomic E-state index is 0.550. The fraction of sp³-hybridized carbons (Fsp3) is 0.842. The third-order valence-corrected chi connectivity index (χ3v) is 3.61. The Morgan fingerprint density at radius 2 is 1.00 bits per heavy atom. The van der Waals surface area contributed by atoms with Crippen molar-refractivity contribution in [2.45, 2.75) is 6.54 Å². The second-order valence-corrected chi connectivity index (χ2v) is 5.98. The fourth-order valence-corrected chi connectivity index (χ4v) is 2.15. The van der Waals surface area contributed by atoms with Crippen LogP contribution >= 0.6 is 0 Å². The lowest BCUT2D eigenvalue weighted by atomic mass is 10.6. The van der Waals surface area contributed by atoms with Crippen molar-refractivity contribution in [3.05, 3.63) is 18.7 Å². The average Bonchev–Trinajstić information content (AvgIpc) is 3.11. The molecule has 28 heavy (non-hydrogen) atoms. The van der Waals surface area contributed by atoms with Gasteiger partial charge in [-0.2, -0.15) is 0 Å². The predicted octanol–water partition coefficient (Wildman–Crippen LogP) is 0.0586. The molecule has 9 heteroatoms. The molecule has 0 radical (unpaired) electrons. The summed E-state index contributed by atoms with van der Waals surface area (Å²) in [4.78, 5) is 0. The predicted molar refractivity (Wildman–Crippen MR) is 102 cm³/mol. The number of aryl methyl sites for hydroxylation is 1. The fourth-order valence-electron chi connectivity index (χ4n) is 2.15. The highest BCUT2D eigenvalue weighted by Gasteiger charge is 1.99. The van der Waals surface area contributed by atoms with E-state index in [4.69, 9.17) is 33.2 Å². The number of methoxy groups -OCH3 is 1. The molecule has 0 aliphatic heterocycles. The Labute approximate surface area is 168 Å². The molecule has 0 saturated heterocycles. The van der Waals surface area contributed by atoms with Crippen LogP contribution in [0.4, 0.5) is 0 Å². The van der Waals surface area contributed by atoms with E-state index in [1.54, 1.807) is 7.11 Å². The van der Waals surface area contributed by atoms with Crippen LogP contribution < -0.4 is 4.57 Å². The number of aromatic nitrogens is 2. The summed E-state index contributed by atoms with van der Waals surface area (Å²) in [5.74, 6) is 0. The summed E-state index contributed by atoms with van der Waals surface area (Å²) < 4.78 is 41.5. The molecular weight excluding hydrogens is 368 g/mol. The molecule has 0 bridgehead atoms. The number of nitrogens with zero attached hydrogens (tertiary/aromatic N) is 2. The molecule has 0 aliphatic rings. The summed E-state index contributed by atoms with van der Waals surface area (Å²) in [5.41, 5.74) is 0. The van der Waals surface area contributed by atoms with Crippen LogP contribution in [0.15, 0.2) is 18.7 Å². The van der Waals surface area contributed by atoms with Crippen LogP contribution in [0.5, 0.6) is 0 Å². The largest absolute Gasteiger partial charge is 0.382 e. The van der Waals surface area contributed by atoms with Crippen molar-refractivity contribution in [1.82, 2.24) is 4.57 Å². The van der Waals surface area contributed by atoms with Crippen LogP contribution in [0.3, 0.4) is 0 Å². The van der Waals surface area contributed by atoms with E-state index in [2.05, 4.69) is 4.57 Å². The Hall–Kier alpha value is -1.07. The minimum atomic E-state index is 0.550. The SMILES string of the molecule is COCCOCCOCCOCCOCCOCCOCCn1cc[n+](C)c1. The van der Waals surface area contributed by atoms with Crippen molar-refractivity contribution in [2.75, 3.05) is 93.0 Å². The Morgan fingerprint density at radius 1 is 0.607 bits per heavy atom. The van der Waals surface area contributed by atoms with E-state index >= 15 is 0 Å². The molecule has 164 valence electrons. The number of rotatable bonds is 21. The molecule has 1 heterocycles. The van der Waals surface area contributed by atoms with Gasteiger partial charge in [-0.25, -0.2) is 9.13 Å². The minimum Gasteiger partial charge on any atom is -0.382 e. The van der Waals surface area contributed by atoms with Gasteiger partial charge in [-0.05, 0) is 0 Å². The molecule has 0 aromatic carbocycles. The summed E-state index contributed by atoms with van der Waals surface area (Å²) in [7, 11) is 3.65. The molecule has 0 atom stereocenters. The highest BCUT2D eigenvalue weighted by atomic mass is 16.6. The Kier molecular flexibility index (Phi) is 17.2. The third-order valence-electron chi connectivity index (χ3n) is 3.61. The highest BCUT2D eigenvalue weighted by molar-refractivity contribution is 4.65. The quantitative estimate of drug-likeness (QED) is 0.211. The summed E-state index contributed by atoms with van der Waals surface area (Å²) in [6, 6.07) is 0. The lowest BCUT2D eigenvalue weighted by Gasteiger charge is -2.08. The van der Waals surface area contributed by atoms with Gasteiger partial charge < -0.3 is 33.2 Å². The molecule has 1 aromatic rings. The van der Waals surface area contributed by atoms with E-state index in [0.29, 0.717) is 85.9 Å². The Balaban J connectivity index is 1.67. The number of hydrogen-bond donors (Lipinski definition) is 0. The average molecular weight is 406 g/mol. The molecule has 0 spiro atoms. The summed E-state index contributed by atoms with van der Waals surface area (Å²) in [5, 5.41) is 0. The van der Waals surface area contributed by atoms with E-state index in [1.807, 2.05) is 30.3 Å². The zero-order chi connectivity index (χ0) is 20.1. The van der Waals surface area contributed by atoms with Gasteiger partial charge in [0.2, 0.25) is 6.33 Å². The van der Waals surface area contributed by atoms with Gasteiger partial charge >= 0.3 is 0 Å². The monoisotopic (exact) mass is 405 g/mol. The molecule has 1 rings (SSSR count). The van der Waals surface area contributed by atoms with Crippen molar-refractivity contribution in [2.24, 2.45) is 7.05 Å². The smallest absolute Gasteiger partial charge is 0.243 e. The van der Waals surface area contributed by atoms with Gasteiger partial charge in [0.25, 0.3) is 0 Å². The first-order chi connectivity index (χ1) is 13.8. The second kappa shape index (κ2) is 19.3. The second-order valence-electron chi connectivity index (χ2n) is 5.98. The van der Waals surface area contributed by atoms with Crippen LogP contribution in [0.25, 0.3) is 0 Å². The first-order valence-electron chi connectivity index (χ1n) is 9.79. The van der Waals surface area contributed by atoms with Crippen molar-refractivity contribution in [3.8, 4) is 0 Å². The van der Waals surface area contributed by atoms with E-state index in [9.17, 15) is 0 Å². The van der Waals surface area contributed by atoms with Gasteiger partial charge in [-0.15, -0.1) is 0 Å². The molecule has 1 aromatic heterocycles. The van der Waals surface area contributed by atoms with Crippen LogP contribution in [0.1, 0.15) is 0 Å². The molecule has 0 saturated carbocycles. The van der Waals surface area contributed by atoms with E-state index in [0.717, 1.165) is 6.54 Å². The van der Waals surface area contributed by atoms with Crippen LogP contribution in [0, 0.1) is 0 Å². The van der Waals surface area contributed by atoms with E-state index in [1.165, 1.54) is 0 Å². The van der Waals surface area contributed by atoms with Crippen LogP contribution in [-0.4, -0.2) is 97.6 Å². The zero-order valence-corrected chi connectivity index (χ0v) is 17.4. The zero-order valence-electron chi connectivity index (χ0n) is 17.4. The molecular formula is C19H37N2O7+. The van der Waals surface area contributed by atoms with Gasteiger partial charge in [-0.1, -0.05) is 0 Å². The van der Waals surface area contributed by atoms with Crippen molar-refractivity contribution in [3.63, 3.8) is 0 Å². The summed E-state index contributed by atoms with van der Waals surface area (Å²) in [6.45, 7) is 8.35. The maximum atomic E-state index is 5.53. The standard InChI is InChI=1S/C19H37N2O7/c1-20-3-4-21(19-20)5-6-23-9-10-25-13-14-27-17-18-28-16-15-26-12-11-24-8-7-22-2/h3-4,19H,5-18H2,1-2H3/q+1.